The first-order valence-electron chi connectivity index (χ1n) is 4.02. The number of halogens is 1. The normalized spacial score (nSPS) is 9.38. The van der Waals surface area contributed by atoms with Crippen molar-refractivity contribution in [3.63, 3.8) is 0 Å². The van der Waals surface area contributed by atoms with Gasteiger partial charge in [0.05, 0.1) is 12.2 Å². The van der Waals surface area contributed by atoms with Crippen molar-refractivity contribution in [1.29, 1.82) is 5.26 Å². The summed E-state index contributed by atoms with van der Waals surface area (Å²) in [5.74, 6) is 0.650. The summed E-state index contributed by atoms with van der Waals surface area (Å²) in [5.41, 5.74) is 1.55. The summed E-state index contributed by atoms with van der Waals surface area (Å²) >= 11 is 3.36. The number of rotatable bonds is 2. The first kappa shape index (κ1) is 10.1. The summed E-state index contributed by atoms with van der Waals surface area (Å²) in [5, 5.41) is 8.87. The lowest BCUT2D eigenvalue weighted by Gasteiger charge is -2.07. The molecular formula is C10H10BrNO. The predicted molar refractivity (Wildman–Crippen MR) is 54.8 cm³/mol. The molecule has 0 aliphatic heterocycles. The van der Waals surface area contributed by atoms with E-state index in [1.807, 2.05) is 26.0 Å². The van der Waals surface area contributed by atoms with E-state index < -0.39 is 0 Å². The fraction of sp³-hybridized carbons (Fsp3) is 0.300. The molecule has 68 valence electrons. The molecule has 0 N–H and O–H groups in total. The van der Waals surface area contributed by atoms with Crippen LogP contribution in [0.3, 0.4) is 0 Å². The second-order valence-corrected chi connectivity index (χ2v) is 3.56. The van der Waals surface area contributed by atoms with E-state index in [1.54, 1.807) is 0 Å². The number of benzene rings is 1. The van der Waals surface area contributed by atoms with Crippen molar-refractivity contribution in [2.75, 3.05) is 6.61 Å². The molecule has 1 aromatic carbocycles. The molecule has 0 fully saturated rings. The van der Waals surface area contributed by atoms with Gasteiger partial charge in [0.1, 0.15) is 11.8 Å². The van der Waals surface area contributed by atoms with E-state index in [0.29, 0.717) is 17.9 Å². The van der Waals surface area contributed by atoms with Crippen LogP contribution in [0, 0.1) is 18.3 Å². The zero-order valence-electron chi connectivity index (χ0n) is 7.60. The molecule has 0 atom stereocenters. The quantitative estimate of drug-likeness (QED) is 0.795. The molecule has 0 aliphatic rings. The van der Waals surface area contributed by atoms with Gasteiger partial charge in [-0.25, -0.2) is 0 Å². The summed E-state index contributed by atoms with van der Waals surface area (Å²) in [4.78, 5) is 0. The molecule has 0 bridgehead atoms. The maximum Gasteiger partial charge on any atom is 0.138 e. The van der Waals surface area contributed by atoms with Gasteiger partial charge in [-0.2, -0.15) is 5.26 Å². The monoisotopic (exact) mass is 239 g/mol. The molecule has 0 heterocycles. The molecule has 0 saturated carbocycles. The molecule has 0 spiro atoms. The number of aryl methyl sites for hydroxylation is 1. The van der Waals surface area contributed by atoms with Crippen LogP contribution >= 0.6 is 15.9 Å². The molecule has 3 heteroatoms. The lowest BCUT2D eigenvalue weighted by molar-refractivity contribution is 0.339. The molecule has 0 saturated heterocycles. The molecule has 1 rings (SSSR count). The van der Waals surface area contributed by atoms with Gasteiger partial charge in [-0.15, -0.1) is 0 Å². The van der Waals surface area contributed by atoms with Crippen LogP contribution in [0.15, 0.2) is 16.6 Å². The number of hydrogen-bond donors (Lipinski definition) is 0. The maximum absolute atomic E-state index is 8.87. The van der Waals surface area contributed by atoms with Crippen molar-refractivity contribution >= 4 is 15.9 Å². The molecule has 0 aromatic heterocycles. The summed E-state index contributed by atoms with van der Waals surface area (Å²) in [7, 11) is 0. The molecule has 13 heavy (non-hydrogen) atoms. The molecule has 2 nitrogen and oxygen atoms in total. The molecule has 0 amide bonds. The lowest BCUT2D eigenvalue weighted by Crippen LogP contribution is -1.96. The van der Waals surface area contributed by atoms with Crippen molar-refractivity contribution in [2.24, 2.45) is 0 Å². The molecule has 1 aromatic rings. The third-order valence-electron chi connectivity index (χ3n) is 1.68. The van der Waals surface area contributed by atoms with E-state index in [9.17, 15) is 0 Å². The number of nitriles is 1. The fourth-order valence-corrected chi connectivity index (χ4v) is 1.68. The van der Waals surface area contributed by atoms with Gasteiger partial charge in [-0.1, -0.05) is 15.9 Å². The Labute approximate surface area is 86.3 Å². The highest BCUT2D eigenvalue weighted by atomic mass is 79.9. The van der Waals surface area contributed by atoms with E-state index in [-0.39, 0.29) is 0 Å². The third-order valence-corrected chi connectivity index (χ3v) is 2.13. The first-order valence-corrected chi connectivity index (χ1v) is 4.81. The van der Waals surface area contributed by atoms with Crippen molar-refractivity contribution in [3.8, 4) is 11.8 Å². The number of nitrogens with zero attached hydrogens (tertiary/aromatic N) is 1. The Morgan fingerprint density at radius 2 is 2.23 bits per heavy atom. The van der Waals surface area contributed by atoms with Crippen molar-refractivity contribution in [3.05, 3.63) is 27.7 Å². The lowest BCUT2D eigenvalue weighted by atomic mass is 10.1. The minimum absolute atomic E-state index is 0.574. The Morgan fingerprint density at radius 3 is 2.77 bits per heavy atom. The molecule has 0 unspecified atom stereocenters. The van der Waals surface area contributed by atoms with Crippen LogP contribution in [0.25, 0.3) is 0 Å². The van der Waals surface area contributed by atoms with E-state index in [1.165, 1.54) is 0 Å². The largest absolute Gasteiger partial charge is 0.492 e. The standard InChI is InChI=1S/C10H10BrNO/c1-3-13-10-5-8(11)4-7(2)9(10)6-12/h4-5H,3H2,1-2H3. The maximum atomic E-state index is 8.87. The van der Waals surface area contributed by atoms with Crippen LogP contribution in [0.1, 0.15) is 18.1 Å². The van der Waals surface area contributed by atoms with Gasteiger partial charge in [-0.3, -0.25) is 0 Å². The van der Waals surface area contributed by atoms with Gasteiger partial charge in [0.2, 0.25) is 0 Å². The summed E-state index contributed by atoms with van der Waals surface area (Å²) in [6.07, 6.45) is 0. The van der Waals surface area contributed by atoms with Gasteiger partial charge >= 0.3 is 0 Å². The van der Waals surface area contributed by atoms with E-state index in [0.717, 1.165) is 10.0 Å². The van der Waals surface area contributed by atoms with Crippen LogP contribution < -0.4 is 4.74 Å². The predicted octanol–water partition coefficient (Wildman–Crippen LogP) is 3.03. The van der Waals surface area contributed by atoms with Crippen LogP contribution in [0.2, 0.25) is 0 Å². The van der Waals surface area contributed by atoms with Crippen molar-refractivity contribution in [2.45, 2.75) is 13.8 Å². The smallest absolute Gasteiger partial charge is 0.138 e. The zero-order valence-corrected chi connectivity index (χ0v) is 9.18. The van der Waals surface area contributed by atoms with Gasteiger partial charge in [0, 0.05) is 4.47 Å². The first-order chi connectivity index (χ1) is 6.19. The van der Waals surface area contributed by atoms with Crippen LogP contribution in [0.4, 0.5) is 0 Å². The van der Waals surface area contributed by atoms with Crippen LogP contribution in [0.5, 0.6) is 5.75 Å². The SMILES string of the molecule is CCOc1cc(Br)cc(C)c1C#N. The molecule has 0 aliphatic carbocycles. The van der Waals surface area contributed by atoms with Gasteiger partial charge < -0.3 is 4.74 Å². The summed E-state index contributed by atoms with van der Waals surface area (Å²) < 4.78 is 6.27. The van der Waals surface area contributed by atoms with Gasteiger partial charge in [0.15, 0.2) is 0 Å². The van der Waals surface area contributed by atoms with Gasteiger partial charge in [-0.05, 0) is 31.5 Å². The second-order valence-electron chi connectivity index (χ2n) is 2.64. The average molecular weight is 240 g/mol. The molecular weight excluding hydrogens is 230 g/mol. The fourth-order valence-electron chi connectivity index (χ4n) is 1.13. The van der Waals surface area contributed by atoms with Crippen LogP contribution in [-0.2, 0) is 0 Å². The van der Waals surface area contributed by atoms with Crippen molar-refractivity contribution in [1.82, 2.24) is 0 Å². The van der Waals surface area contributed by atoms with Gasteiger partial charge in [0.25, 0.3) is 0 Å². The Bertz CT molecular complexity index is 355. The number of hydrogen-bond acceptors (Lipinski definition) is 2. The minimum atomic E-state index is 0.574. The average Bonchev–Trinajstić information content (AvgIpc) is 2.04. The highest BCUT2D eigenvalue weighted by molar-refractivity contribution is 9.10. The summed E-state index contributed by atoms with van der Waals surface area (Å²) in [6, 6.07) is 5.85. The third kappa shape index (κ3) is 2.22. The number of ether oxygens (including phenoxy) is 1. The Morgan fingerprint density at radius 1 is 1.54 bits per heavy atom. The Kier molecular flexibility index (Phi) is 3.32. The van der Waals surface area contributed by atoms with E-state index in [2.05, 4.69) is 22.0 Å². The molecule has 0 radical (unpaired) electrons. The highest BCUT2D eigenvalue weighted by Gasteiger charge is 2.07. The zero-order chi connectivity index (χ0) is 9.84. The van der Waals surface area contributed by atoms with Crippen molar-refractivity contribution < 1.29 is 4.74 Å². The summed E-state index contributed by atoms with van der Waals surface area (Å²) in [6.45, 7) is 4.37. The Balaban J connectivity index is 3.23. The highest BCUT2D eigenvalue weighted by Crippen LogP contribution is 2.26. The minimum Gasteiger partial charge on any atom is -0.492 e. The Hall–Kier alpha value is -1.01. The van der Waals surface area contributed by atoms with E-state index >= 15 is 0 Å². The van der Waals surface area contributed by atoms with E-state index in [4.69, 9.17) is 10.00 Å². The second kappa shape index (κ2) is 4.29. The topological polar surface area (TPSA) is 33.0 Å². The van der Waals surface area contributed by atoms with Crippen LogP contribution in [-0.4, -0.2) is 6.61 Å².